The summed E-state index contributed by atoms with van der Waals surface area (Å²) in [7, 11) is 0. The normalized spacial score (nSPS) is 38.4. The predicted molar refractivity (Wildman–Crippen MR) is 64.6 cm³/mol. The van der Waals surface area contributed by atoms with Gasteiger partial charge in [0.1, 0.15) is 0 Å². The van der Waals surface area contributed by atoms with Crippen LogP contribution in [0.1, 0.15) is 33.1 Å². The van der Waals surface area contributed by atoms with Gasteiger partial charge in [0.2, 0.25) is 5.91 Å². The fourth-order valence-corrected chi connectivity index (χ4v) is 3.45. The SMILES string of the molecule is CC1(C)C(NCC(=O)NC2CC2)C2CCOC21. The van der Waals surface area contributed by atoms with Crippen molar-refractivity contribution in [3.8, 4) is 0 Å². The number of ether oxygens (including phenoxy) is 1. The van der Waals surface area contributed by atoms with Crippen molar-refractivity contribution in [1.29, 1.82) is 0 Å². The molecule has 0 spiro atoms. The first-order valence-electron chi connectivity index (χ1n) is 6.73. The highest BCUT2D eigenvalue weighted by Crippen LogP contribution is 2.51. The van der Waals surface area contributed by atoms with Gasteiger partial charge in [0.15, 0.2) is 0 Å². The standard InChI is InChI=1S/C13H22N2O2/c1-13(2)11(9-5-6-17-12(9)13)14-7-10(16)15-8-3-4-8/h8-9,11-12,14H,3-7H2,1-2H3,(H,15,16). The lowest BCUT2D eigenvalue weighted by Crippen LogP contribution is -2.66. The Balaban J connectivity index is 1.49. The van der Waals surface area contributed by atoms with Crippen molar-refractivity contribution in [3.63, 3.8) is 0 Å². The molecule has 1 saturated heterocycles. The van der Waals surface area contributed by atoms with Gasteiger partial charge in [-0.1, -0.05) is 13.8 Å². The number of rotatable bonds is 4. The average molecular weight is 238 g/mol. The molecule has 1 amide bonds. The summed E-state index contributed by atoms with van der Waals surface area (Å²) in [5.41, 5.74) is 0.168. The van der Waals surface area contributed by atoms with Crippen LogP contribution in [-0.2, 0) is 9.53 Å². The zero-order chi connectivity index (χ0) is 12.0. The lowest BCUT2D eigenvalue weighted by Gasteiger charge is -2.54. The molecule has 1 aliphatic heterocycles. The van der Waals surface area contributed by atoms with Crippen LogP contribution in [0.2, 0.25) is 0 Å². The van der Waals surface area contributed by atoms with Gasteiger partial charge in [0.05, 0.1) is 12.6 Å². The van der Waals surface area contributed by atoms with Crippen LogP contribution in [0, 0.1) is 11.3 Å². The first-order chi connectivity index (χ1) is 8.09. The minimum absolute atomic E-state index is 0.144. The van der Waals surface area contributed by atoms with Gasteiger partial charge in [-0.3, -0.25) is 4.79 Å². The highest BCUT2D eigenvalue weighted by Gasteiger charge is 2.59. The van der Waals surface area contributed by atoms with E-state index in [1.807, 2.05) is 0 Å². The molecule has 0 aromatic heterocycles. The molecular formula is C13H22N2O2. The molecule has 0 radical (unpaired) electrons. The Kier molecular flexibility index (Phi) is 2.67. The van der Waals surface area contributed by atoms with Crippen LogP contribution in [0.5, 0.6) is 0 Å². The molecular weight excluding hydrogens is 216 g/mol. The molecule has 2 aliphatic carbocycles. The molecule has 2 saturated carbocycles. The molecule has 3 fully saturated rings. The summed E-state index contributed by atoms with van der Waals surface area (Å²) in [6, 6.07) is 0.890. The fraction of sp³-hybridized carbons (Fsp3) is 0.923. The molecule has 3 unspecified atom stereocenters. The Morgan fingerprint density at radius 2 is 2.12 bits per heavy atom. The molecule has 0 aromatic carbocycles. The first kappa shape index (κ1) is 11.5. The summed E-state index contributed by atoms with van der Waals surface area (Å²) in [5.74, 6) is 0.754. The summed E-state index contributed by atoms with van der Waals surface area (Å²) in [5, 5.41) is 6.43. The molecule has 0 aromatic rings. The highest BCUT2D eigenvalue weighted by molar-refractivity contribution is 5.78. The maximum Gasteiger partial charge on any atom is 0.234 e. The van der Waals surface area contributed by atoms with Crippen molar-refractivity contribution < 1.29 is 9.53 Å². The fourth-order valence-electron chi connectivity index (χ4n) is 3.45. The topological polar surface area (TPSA) is 50.4 Å². The van der Waals surface area contributed by atoms with Crippen molar-refractivity contribution in [1.82, 2.24) is 10.6 Å². The third-order valence-electron chi connectivity index (χ3n) is 4.53. The summed E-state index contributed by atoms with van der Waals surface area (Å²) >= 11 is 0. The number of fused-ring (bicyclic) bond motifs is 1. The zero-order valence-corrected chi connectivity index (χ0v) is 10.7. The predicted octanol–water partition coefficient (Wildman–Crippen LogP) is 0.668. The zero-order valence-electron chi connectivity index (χ0n) is 10.7. The van der Waals surface area contributed by atoms with Crippen molar-refractivity contribution in [3.05, 3.63) is 0 Å². The molecule has 4 nitrogen and oxygen atoms in total. The summed E-state index contributed by atoms with van der Waals surface area (Å²) in [4.78, 5) is 11.6. The molecule has 3 atom stereocenters. The van der Waals surface area contributed by atoms with Gasteiger partial charge in [0, 0.05) is 30.0 Å². The minimum atomic E-state index is 0.144. The van der Waals surface area contributed by atoms with Crippen LogP contribution in [0.15, 0.2) is 0 Å². The lowest BCUT2D eigenvalue weighted by atomic mass is 9.57. The Morgan fingerprint density at radius 3 is 2.82 bits per heavy atom. The summed E-state index contributed by atoms with van der Waals surface area (Å²) in [6.07, 6.45) is 3.83. The Morgan fingerprint density at radius 1 is 1.35 bits per heavy atom. The number of carbonyl (C=O) groups excluding carboxylic acids is 1. The third kappa shape index (κ3) is 1.97. The number of amides is 1. The Hall–Kier alpha value is -0.610. The first-order valence-corrected chi connectivity index (χ1v) is 6.73. The number of carbonyl (C=O) groups is 1. The maximum atomic E-state index is 11.6. The van der Waals surface area contributed by atoms with Crippen LogP contribution in [0.4, 0.5) is 0 Å². The van der Waals surface area contributed by atoms with E-state index in [2.05, 4.69) is 24.5 Å². The number of hydrogen-bond acceptors (Lipinski definition) is 3. The largest absolute Gasteiger partial charge is 0.377 e. The summed E-state index contributed by atoms with van der Waals surface area (Å²) < 4.78 is 5.74. The van der Waals surface area contributed by atoms with E-state index in [0.29, 0.717) is 30.7 Å². The van der Waals surface area contributed by atoms with Crippen LogP contribution < -0.4 is 10.6 Å². The molecule has 2 N–H and O–H groups in total. The second-order valence-electron chi connectivity index (χ2n) is 6.27. The Bertz CT molecular complexity index is 325. The van der Waals surface area contributed by atoms with E-state index in [4.69, 9.17) is 4.74 Å². The number of nitrogens with one attached hydrogen (secondary N) is 2. The van der Waals surface area contributed by atoms with E-state index in [1.165, 1.54) is 0 Å². The van der Waals surface area contributed by atoms with Crippen molar-refractivity contribution in [2.75, 3.05) is 13.2 Å². The van der Waals surface area contributed by atoms with Crippen LogP contribution in [-0.4, -0.2) is 37.2 Å². The monoisotopic (exact) mass is 238 g/mol. The van der Waals surface area contributed by atoms with Crippen LogP contribution in [0.3, 0.4) is 0 Å². The second-order valence-corrected chi connectivity index (χ2v) is 6.27. The lowest BCUT2D eigenvalue weighted by molar-refractivity contribution is -0.126. The van der Waals surface area contributed by atoms with Gasteiger partial charge in [-0.05, 0) is 19.3 Å². The average Bonchev–Trinajstić information content (AvgIpc) is 2.95. The van der Waals surface area contributed by atoms with E-state index < -0.39 is 0 Å². The van der Waals surface area contributed by atoms with Gasteiger partial charge >= 0.3 is 0 Å². The van der Waals surface area contributed by atoms with Gasteiger partial charge in [-0.2, -0.15) is 0 Å². The van der Waals surface area contributed by atoms with Gasteiger partial charge in [0.25, 0.3) is 0 Å². The Labute approximate surface area is 102 Å². The van der Waals surface area contributed by atoms with Gasteiger partial charge in [-0.15, -0.1) is 0 Å². The molecule has 1 heterocycles. The van der Waals surface area contributed by atoms with Crippen molar-refractivity contribution in [2.45, 2.75) is 51.3 Å². The van der Waals surface area contributed by atoms with Gasteiger partial charge < -0.3 is 15.4 Å². The molecule has 0 bridgehead atoms. The van der Waals surface area contributed by atoms with Crippen molar-refractivity contribution >= 4 is 5.91 Å². The molecule has 3 aliphatic rings. The van der Waals surface area contributed by atoms with Crippen molar-refractivity contribution in [2.24, 2.45) is 11.3 Å². The summed E-state index contributed by atoms with van der Waals surface area (Å²) in [6.45, 7) is 5.80. The van der Waals surface area contributed by atoms with E-state index >= 15 is 0 Å². The van der Waals surface area contributed by atoms with E-state index in [-0.39, 0.29) is 11.3 Å². The quantitative estimate of drug-likeness (QED) is 0.757. The highest BCUT2D eigenvalue weighted by atomic mass is 16.5. The second kappa shape index (κ2) is 3.95. The molecule has 3 rings (SSSR count). The number of hydrogen-bond donors (Lipinski definition) is 2. The smallest absolute Gasteiger partial charge is 0.234 e. The maximum absolute atomic E-state index is 11.6. The van der Waals surface area contributed by atoms with E-state index in [0.717, 1.165) is 25.9 Å². The van der Waals surface area contributed by atoms with Crippen LogP contribution in [0.25, 0.3) is 0 Å². The molecule has 17 heavy (non-hydrogen) atoms. The van der Waals surface area contributed by atoms with E-state index in [1.54, 1.807) is 0 Å². The molecule has 96 valence electrons. The molecule has 4 heteroatoms. The van der Waals surface area contributed by atoms with Crippen LogP contribution >= 0.6 is 0 Å². The van der Waals surface area contributed by atoms with E-state index in [9.17, 15) is 4.79 Å². The minimum Gasteiger partial charge on any atom is -0.377 e. The van der Waals surface area contributed by atoms with Gasteiger partial charge in [-0.25, -0.2) is 0 Å². The third-order valence-corrected chi connectivity index (χ3v) is 4.53.